The number of pyridine rings is 2. The van der Waals surface area contributed by atoms with Crippen molar-refractivity contribution in [3.8, 4) is 17.2 Å². The molecule has 3 N–H and O–H groups in total. The van der Waals surface area contributed by atoms with Crippen LogP contribution in [0.3, 0.4) is 0 Å². The molecule has 34 heavy (non-hydrogen) atoms. The molecule has 0 saturated carbocycles. The molecule has 4 heterocycles. The molecule has 0 saturated heterocycles. The van der Waals surface area contributed by atoms with Crippen LogP contribution in [0.2, 0.25) is 0 Å². The Morgan fingerprint density at radius 2 is 2.18 bits per heavy atom. The van der Waals surface area contributed by atoms with E-state index in [2.05, 4.69) is 19.6 Å². The molecule has 0 fully saturated rings. The van der Waals surface area contributed by atoms with E-state index in [0.29, 0.717) is 35.9 Å². The van der Waals surface area contributed by atoms with Gasteiger partial charge in [0.25, 0.3) is 13.6 Å². The maximum absolute atomic E-state index is 10.8. The molecule has 0 bridgehead atoms. The summed E-state index contributed by atoms with van der Waals surface area (Å²) in [6, 6.07) is 8.80. The van der Waals surface area contributed by atoms with Crippen LogP contribution >= 0.6 is 19.2 Å². The lowest BCUT2D eigenvalue weighted by atomic mass is 10.1. The predicted octanol–water partition coefficient (Wildman–Crippen LogP) is 2.02. The van der Waals surface area contributed by atoms with Gasteiger partial charge in [-0.2, -0.15) is 0 Å². The van der Waals surface area contributed by atoms with E-state index in [0.717, 1.165) is 17.7 Å². The molecule has 11 nitrogen and oxygen atoms in total. The third-order valence-corrected chi connectivity index (χ3v) is 6.34. The summed E-state index contributed by atoms with van der Waals surface area (Å²) in [7, 11) is -4.88. The van der Waals surface area contributed by atoms with Crippen molar-refractivity contribution in [2.75, 3.05) is 12.3 Å². The molecule has 0 aliphatic heterocycles. The van der Waals surface area contributed by atoms with Gasteiger partial charge in [-0.15, -0.1) is 11.3 Å². The van der Waals surface area contributed by atoms with E-state index < -0.39 is 14.6 Å². The molecule has 4 aromatic rings. The lowest BCUT2D eigenvalue weighted by Crippen LogP contribution is -2.38. The first-order chi connectivity index (χ1) is 16.3. The standard InChI is InChI=1S/C21H22N5O6PS/c1-14-19(34-12-24-14)6-8-30-20-5-4-15(11-23-20)9-16-10-18(32-25-16)17-3-2-7-26(21(17)22)13-31-33(27,28)29/h2-5,7,10-12,22H,6,8-9,13H2,1H3,(H2,27,28,29). The van der Waals surface area contributed by atoms with Gasteiger partial charge in [0.2, 0.25) is 5.88 Å². The van der Waals surface area contributed by atoms with Gasteiger partial charge in [-0.05, 0) is 24.6 Å². The molecule has 1 unspecified atom stereocenters. The van der Waals surface area contributed by atoms with E-state index in [1.54, 1.807) is 35.7 Å². The Labute approximate surface area is 199 Å². The van der Waals surface area contributed by atoms with Crippen LogP contribution < -0.4 is 19.9 Å². The second kappa shape index (κ2) is 10.4. The molecule has 1 atom stereocenters. The average molecular weight is 503 g/mol. The molecule has 0 amide bonds. The topological polar surface area (TPSA) is 161 Å². The molecule has 4 rings (SSSR count). The number of nitrogens with two attached hydrogens (primary N) is 1. The van der Waals surface area contributed by atoms with Crippen LogP contribution in [0.5, 0.6) is 5.88 Å². The Morgan fingerprint density at radius 1 is 1.32 bits per heavy atom. The monoisotopic (exact) mass is 503 g/mol. The number of rotatable bonds is 10. The largest absolute Gasteiger partial charge is 0.756 e. The van der Waals surface area contributed by atoms with Crippen molar-refractivity contribution in [1.82, 2.24) is 15.1 Å². The first kappa shape index (κ1) is 24.0. The highest BCUT2D eigenvalue weighted by atomic mass is 32.1. The van der Waals surface area contributed by atoms with Crippen LogP contribution in [0.4, 0.5) is 5.82 Å². The smallest absolute Gasteiger partial charge is 0.285 e. The Balaban J connectivity index is 1.36. The Kier molecular flexibility index (Phi) is 7.35. The number of ether oxygens (including phenoxy) is 1. The van der Waals surface area contributed by atoms with E-state index in [-0.39, 0.29) is 5.82 Å². The SMILES string of the molecule is Cc1ncsc1CCOc1ccc(Cc2cc(-c3ccc[n+](COP(=O)([O-])O)c3N)on2)cn1. The maximum Gasteiger partial charge on any atom is 0.285 e. The molecule has 0 aliphatic carbocycles. The van der Waals surface area contributed by atoms with Gasteiger partial charge in [0.05, 0.1) is 29.7 Å². The van der Waals surface area contributed by atoms with E-state index in [1.165, 1.54) is 15.6 Å². The van der Waals surface area contributed by atoms with Gasteiger partial charge in [0.1, 0.15) is 5.56 Å². The lowest BCUT2D eigenvalue weighted by molar-refractivity contribution is -0.712. The second-order valence-corrected chi connectivity index (χ2v) is 9.46. The fraction of sp³-hybridized carbons (Fsp3) is 0.238. The molecular weight excluding hydrogens is 481 g/mol. The van der Waals surface area contributed by atoms with Crippen LogP contribution in [-0.4, -0.2) is 26.6 Å². The van der Waals surface area contributed by atoms with E-state index in [9.17, 15) is 9.46 Å². The fourth-order valence-corrected chi connectivity index (χ4v) is 4.20. The molecule has 0 aliphatic rings. The molecule has 0 aromatic carbocycles. The highest BCUT2D eigenvalue weighted by molar-refractivity contribution is 7.44. The number of aromatic nitrogens is 4. The number of hydrogen-bond donors (Lipinski definition) is 2. The van der Waals surface area contributed by atoms with Crippen LogP contribution in [0, 0.1) is 6.92 Å². The van der Waals surface area contributed by atoms with Gasteiger partial charge < -0.3 is 19.0 Å². The quantitative estimate of drug-likeness (QED) is 0.242. The zero-order valence-electron chi connectivity index (χ0n) is 18.2. The summed E-state index contributed by atoms with van der Waals surface area (Å²) in [5, 5.41) is 4.08. The normalized spacial score (nSPS) is 13.0. The second-order valence-electron chi connectivity index (χ2n) is 7.33. The highest BCUT2D eigenvalue weighted by Crippen LogP contribution is 2.30. The minimum Gasteiger partial charge on any atom is -0.756 e. The molecule has 13 heteroatoms. The van der Waals surface area contributed by atoms with Crippen LogP contribution in [0.15, 0.2) is 52.8 Å². The van der Waals surface area contributed by atoms with Gasteiger partial charge in [0.15, 0.2) is 12.5 Å². The minimum absolute atomic E-state index is 0.190. The maximum atomic E-state index is 10.8. The van der Waals surface area contributed by atoms with Gasteiger partial charge in [-0.3, -0.25) is 14.8 Å². The fourth-order valence-electron chi connectivity index (χ4n) is 3.17. The summed E-state index contributed by atoms with van der Waals surface area (Å²) in [5.74, 6) is 1.14. The highest BCUT2D eigenvalue weighted by Gasteiger charge is 2.18. The van der Waals surface area contributed by atoms with Crippen LogP contribution in [0.1, 0.15) is 21.8 Å². The van der Waals surface area contributed by atoms with Crippen LogP contribution in [-0.2, 0) is 28.7 Å². The summed E-state index contributed by atoms with van der Waals surface area (Å²) in [6.45, 7) is 2.04. The number of phosphoric acid groups is 1. The van der Waals surface area contributed by atoms with E-state index >= 15 is 0 Å². The minimum atomic E-state index is -4.88. The van der Waals surface area contributed by atoms with Crippen molar-refractivity contribution >= 4 is 25.0 Å². The summed E-state index contributed by atoms with van der Waals surface area (Å²) in [5.41, 5.74) is 11.0. The Morgan fingerprint density at radius 3 is 2.88 bits per heavy atom. The Bertz CT molecular complexity index is 1300. The molecule has 0 radical (unpaired) electrons. The van der Waals surface area contributed by atoms with E-state index in [1.807, 2.05) is 24.6 Å². The zero-order valence-corrected chi connectivity index (χ0v) is 19.9. The number of hydrogen-bond acceptors (Lipinski definition) is 10. The van der Waals surface area contributed by atoms with Crippen molar-refractivity contribution in [3.05, 3.63) is 70.1 Å². The number of phosphoric ester groups is 1. The van der Waals surface area contributed by atoms with Crippen molar-refractivity contribution in [3.63, 3.8) is 0 Å². The third-order valence-electron chi connectivity index (χ3n) is 4.91. The summed E-state index contributed by atoms with van der Waals surface area (Å²) in [6.07, 6.45) is 4.50. The predicted molar refractivity (Wildman–Crippen MR) is 121 cm³/mol. The lowest BCUT2D eigenvalue weighted by Gasteiger charge is -2.14. The zero-order chi connectivity index (χ0) is 24.1. The summed E-state index contributed by atoms with van der Waals surface area (Å²) >= 11 is 1.62. The van der Waals surface area contributed by atoms with Gasteiger partial charge in [-0.25, -0.2) is 14.5 Å². The van der Waals surface area contributed by atoms with Gasteiger partial charge in [0, 0.05) is 36.0 Å². The van der Waals surface area contributed by atoms with Crippen molar-refractivity contribution in [2.45, 2.75) is 26.5 Å². The number of anilines is 1. The van der Waals surface area contributed by atoms with Crippen molar-refractivity contribution in [1.29, 1.82) is 0 Å². The van der Waals surface area contributed by atoms with Crippen molar-refractivity contribution in [2.24, 2.45) is 0 Å². The Hall–Kier alpha value is -3.15. The molecule has 0 spiro atoms. The average Bonchev–Trinajstić information content (AvgIpc) is 3.43. The summed E-state index contributed by atoms with van der Waals surface area (Å²) in [4.78, 5) is 29.4. The van der Waals surface area contributed by atoms with Gasteiger partial charge in [-0.1, -0.05) is 11.2 Å². The number of nitrogen functional groups attached to an aromatic ring is 1. The van der Waals surface area contributed by atoms with Crippen molar-refractivity contribution < 1.29 is 32.7 Å². The number of nitrogens with zero attached hydrogens (tertiary/aromatic N) is 4. The molecular formula is C21H22N5O6PS. The first-order valence-electron chi connectivity index (χ1n) is 10.2. The summed E-state index contributed by atoms with van der Waals surface area (Å²) < 4.78 is 27.7. The van der Waals surface area contributed by atoms with Crippen LogP contribution in [0.25, 0.3) is 11.3 Å². The van der Waals surface area contributed by atoms with E-state index in [4.69, 9.17) is 19.9 Å². The number of aryl methyl sites for hydroxylation is 1. The van der Waals surface area contributed by atoms with Gasteiger partial charge >= 0.3 is 0 Å². The molecule has 4 aromatic heterocycles. The first-order valence-corrected chi connectivity index (χ1v) is 12.5. The third kappa shape index (κ3) is 6.25. The number of thiazole rings is 1. The molecule has 178 valence electrons.